The van der Waals surface area contributed by atoms with E-state index in [1.54, 1.807) is 0 Å². The van der Waals surface area contributed by atoms with Gasteiger partial charge in [0.25, 0.3) is 0 Å². The largest absolute Gasteiger partial charge is 0.311 e. The van der Waals surface area contributed by atoms with Crippen LogP contribution in [0.25, 0.3) is 0 Å². The standard InChI is InChI=1S/C17H31NSi/c1-14-8-10-15(11-9-14)16(13-19(5,6)7)12-18-17(2,3)4/h8-11,16,18H,12-13H2,1-7H3. The van der Waals surface area contributed by atoms with Crippen LogP contribution in [0.1, 0.15) is 37.8 Å². The molecule has 1 aromatic rings. The van der Waals surface area contributed by atoms with Crippen LogP contribution in [0.15, 0.2) is 24.3 Å². The normalized spacial score (nSPS) is 14.5. The summed E-state index contributed by atoms with van der Waals surface area (Å²) in [4.78, 5) is 0. The van der Waals surface area contributed by atoms with E-state index in [1.165, 1.54) is 17.2 Å². The van der Waals surface area contributed by atoms with Crippen molar-refractivity contribution in [2.45, 2.75) is 64.8 Å². The van der Waals surface area contributed by atoms with Gasteiger partial charge in [-0.25, -0.2) is 0 Å². The number of aryl methyl sites for hydroxylation is 1. The first-order valence-corrected chi connectivity index (χ1v) is 11.1. The Balaban J connectivity index is 2.83. The van der Waals surface area contributed by atoms with Gasteiger partial charge in [-0.1, -0.05) is 49.5 Å². The second-order valence-electron chi connectivity index (χ2n) is 8.00. The highest BCUT2D eigenvalue weighted by Crippen LogP contribution is 2.27. The Labute approximate surface area is 120 Å². The quantitative estimate of drug-likeness (QED) is 0.762. The predicted octanol–water partition coefficient (Wildman–Crippen LogP) is 4.80. The zero-order valence-corrected chi connectivity index (χ0v) is 14.8. The molecule has 19 heavy (non-hydrogen) atoms. The number of nitrogens with one attached hydrogen (secondary N) is 1. The molecule has 0 spiro atoms. The van der Waals surface area contributed by atoms with Crippen LogP contribution in [0, 0.1) is 6.92 Å². The lowest BCUT2D eigenvalue weighted by atomic mass is 9.98. The molecule has 2 heteroatoms. The SMILES string of the molecule is Cc1ccc(C(CNC(C)(C)C)C[Si](C)(C)C)cc1. The minimum Gasteiger partial charge on any atom is -0.311 e. The van der Waals surface area contributed by atoms with Crippen molar-refractivity contribution in [2.75, 3.05) is 6.54 Å². The van der Waals surface area contributed by atoms with Crippen LogP contribution in [0.2, 0.25) is 25.7 Å². The van der Waals surface area contributed by atoms with Crippen LogP contribution in [-0.2, 0) is 0 Å². The van der Waals surface area contributed by atoms with Crippen LogP contribution in [0.3, 0.4) is 0 Å². The van der Waals surface area contributed by atoms with E-state index in [1.807, 2.05) is 0 Å². The lowest BCUT2D eigenvalue weighted by molar-refractivity contribution is 0.411. The summed E-state index contributed by atoms with van der Waals surface area (Å²) in [5, 5.41) is 3.68. The van der Waals surface area contributed by atoms with Gasteiger partial charge < -0.3 is 5.32 Å². The molecule has 1 N–H and O–H groups in total. The van der Waals surface area contributed by atoms with E-state index in [4.69, 9.17) is 0 Å². The first kappa shape index (κ1) is 16.5. The summed E-state index contributed by atoms with van der Waals surface area (Å²) in [6.07, 6.45) is 0. The maximum absolute atomic E-state index is 3.68. The van der Waals surface area contributed by atoms with E-state index < -0.39 is 8.07 Å². The molecule has 0 aliphatic heterocycles. The molecule has 0 aromatic heterocycles. The third-order valence-electron chi connectivity index (χ3n) is 3.29. The summed E-state index contributed by atoms with van der Waals surface area (Å²) in [6.45, 7) is 17.4. The lowest BCUT2D eigenvalue weighted by Gasteiger charge is -2.29. The van der Waals surface area contributed by atoms with Crippen molar-refractivity contribution in [3.8, 4) is 0 Å². The van der Waals surface area contributed by atoms with E-state index in [-0.39, 0.29) is 5.54 Å². The van der Waals surface area contributed by atoms with Crippen molar-refractivity contribution in [1.29, 1.82) is 0 Å². The van der Waals surface area contributed by atoms with E-state index in [0.717, 1.165) is 6.54 Å². The molecule has 0 aliphatic carbocycles. The van der Waals surface area contributed by atoms with Crippen LogP contribution < -0.4 is 5.32 Å². The van der Waals surface area contributed by atoms with Gasteiger partial charge in [-0.3, -0.25) is 0 Å². The molecule has 1 aromatic carbocycles. The van der Waals surface area contributed by atoms with Gasteiger partial charge in [0.1, 0.15) is 0 Å². The fourth-order valence-corrected chi connectivity index (χ4v) is 4.17. The molecule has 0 bridgehead atoms. The maximum atomic E-state index is 3.68. The number of rotatable bonds is 5. The first-order valence-electron chi connectivity index (χ1n) is 7.38. The third-order valence-corrected chi connectivity index (χ3v) is 5.00. The second-order valence-corrected chi connectivity index (χ2v) is 13.5. The van der Waals surface area contributed by atoms with Gasteiger partial charge in [-0.2, -0.15) is 0 Å². The van der Waals surface area contributed by atoms with E-state index in [0.29, 0.717) is 5.92 Å². The fourth-order valence-electron chi connectivity index (χ4n) is 2.32. The Kier molecular flexibility index (Phi) is 5.40. The van der Waals surface area contributed by atoms with Crippen LogP contribution in [-0.4, -0.2) is 20.2 Å². The second kappa shape index (κ2) is 6.23. The molecule has 0 saturated heterocycles. The number of hydrogen-bond acceptors (Lipinski definition) is 1. The topological polar surface area (TPSA) is 12.0 Å². The Bertz CT molecular complexity index is 381. The zero-order valence-electron chi connectivity index (χ0n) is 13.8. The Morgan fingerprint density at radius 2 is 1.58 bits per heavy atom. The van der Waals surface area contributed by atoms with Crippen molar-refractivity contribution in [1.82, 2.24) is 5.32 Å². The van der Waals surface area contributed by atoms with Gasteiger partial charge in [0.15, 0.2) is 0 Å². The third kappa shape index (κ3) is 6.93. The van der Waals surface area contributed by atoms with Crippen LogP contribution >= 0.6 is 0 Å². The average Bonchev–Trinajstić information content (AvgIpc) is 2.23. The summed E-state index contributed by atoms with van der Waals surface area (Å²) in [7, 11) is -1.05. The van der Waals surface area contributed by atoms with Crippen LogP contribution in [0.4, 0.5) is 0 Å². The van der Waals surface area contributed by atoms with Crippen LogP contribution in [0.5, 0.6) is 0 Å². The summed E-state index contributed by atoms with van der Waals surface area (Å²) in [5.74, 6) is 0.645. The molecule has 1 atom stereocenters. The minimum absolute atomic E-state index is 0.197. The maximum Gasteiger partial charge on any atom is 0.0449 e. The molecule has 0 amide bonds. The summed E-state index contributed by atoms with van der Waals surface area (Å²) in [6, 6.07) is 10.4. The highest BCUT2D eigenvalue weighted by Gasteiger charge is 2.23. The molecule has 0 radical (unpaired) electrons. The van der Waals surface area contributed by atoms with E-state index in [2.05, 4.69) is 76.9 Å². The fraction of sp³-hybridized carbons (Fsp3) is 0.647. The van der Waals surface area contributed by atoms with Gasteiger partial charge in [0.2, 0.25) is 0 Å². The lowest BCUT2D eigenvalue weighted by Crippen LogP contribution is -2.40. The Morgan fingerprint density at radius 1 is 1.05 bits per heavy atom. The molecule has 1 unspecified atom stereocenters. The highest BCUT2D eigenvalue weighted by molar-refractivity contribution is 6.76. The summed E-state index contributed by atoms with van der Waals surface area (Å²) in [5.41, 5.74) is 3.03. The summed E-state index contributed by atoms with van der Waals surface area (Å²) >= 11 is 0. The van der Waals surface area contributed by atoms with E-state index in [9.17, 15) is 0 Å². The van der Waals surface area contributed by atoms with Gasteiger partial charge in [0.05, 0.1) is 0 Å². The zero-order chi connectivity index (χ0) is 14.7. The highest BCUT2D eigenvalue weighted by atomic mass is 28.3. The molecule has 0 fully saturated rings. The molecule has 0 aliphatic rings. The van der Waals surface area contributed by atoms with Crippen molar-refractivity contribution in [3.05, 3.63) is 35.4 Å². The molecule has 1 nitrogen and oxygen atoms in total. The molecule has 108 valence electrons. The van der Waals surface area contributed by atoms with Crippen molar-refractivity contribution in [3.63, 3.8) is 0 Å². The molecule has 0 saturated carbocycles. The predicted molar refractivity (Wildman–Crippen MR) is 89.8 cm³/mol. The van der Waals surface area contributed by atoms with Crippen molar-refractivity contribution >= 4 is 8.07 Å². The van der Waals surface area contributed by atoms with Crippen molar-refractivity contribution in [2.24, 2.45) is 0 Å². The van der Waals surface area contributed by atoms with Gasteiger partial charge in [0, 0.05) is 20.2 Å². The Morgan fingerprint density at radius 3 is 2.00 bits per heavy atom. The molecule has 0 heterocycles. The number of hydrogen-bond donors (Lipinski definition) is 1. The Hall–Kier alpha value is -0.603. The molecular formula is C17H31NSi. The van der Waals surface area contributed by atoms with E-state index >= 15 is 0 Å². The summed E-state index contributed by atoms with van der Waals surface area (Å²) < 4.78 is 0. The smallest absolute Gasteiger partial charge is 0.0449 e. The van der Waals surface area contributed by atoms with Crippen molar-refractivity contribution < 1.29 is 0 Å². The average molecular weight is 278 g/mol. The van der Waals surface area contributed by atoms with Gasteiger partial charge in [-0.15, -0.1) is 0 Å². The first-order chi connectivity index (χ1) is 8.57. The molecular weight excluding hydrogens is 246 g/mol. The number of benzene rings is 1. The monoisotopic (exact) mass is 277 g/mol. The van der Waals surface area contributed by atoms with Gasteiger partial charge in [-0.05, 0) is 45.2 Å². The van der Waals surface area contributed by atoms with Gasteiger partial charge >= 0.3 is 0 Å². The molecule has 1 rings (SSSR count). The minimum atomic E-state index is -1.05.